The number of ether oxygens (including phenoxy) is 1. The van der Waals surface area contributed by atoms with Crippen LogP contribution >= 0.6 is 0 Å². The number of aryl methyl sites for hydroxylation is 1. The molecule has 1 aromatic carbocycles. The summed E-state index contributed by atoms with van der Waals surface area (Å²) >= 11 is 0. The molecule has 0 aliphatic carbocycles. The van der Waals surface area contributed by atoms with Crippen LogP contribution < -0.4 is 10.5 Å². The van der Waals surface area contributed by atoms with E-state index in [0.29, 0.717) is 28.3 Å². The minimum absolute atomic E-state index is 0.124. The van der Waals surface area contributed by atoms with Crippen molar-refractivity contribution >= 4 is 5.91 Å². The number of nitrogens with zero attached hydrogens (tertiary/aromatic N) is 1. The van der Waals surface area contributed by atoms with Crippen molar-refractivity contribution in [3.8, 4) is 11.5 Å². The number of nitrogens with two attached hydrogens (primary N) is 1. The predicted octanol–water partition coefficient (Wildman–Crippen LogP) is 2.32. The maximum absolute atomic E-state index is 11.8. The van der Waals surface area contributed by atoms with Crippen molar-refractivity contribution in [2.75, 3.05) is 0 Å². The summed E-state index contributed by atoms with van der Waals surface area (Å²) in [5.74, 6) is 0.0315. The van der Waals surface area contributed by atoms with Gasteiger partial charge in [0.05, 0.1) is 11.4 Å². The van der Waals surface area contributed by atoms with E-state index in [4.69, 9.17) is 10.5 Å². The number of amides is 1. The first kappa shape index (κ1) is 14.8. The highest BCUT2D eigenvalue weighted by Crippen LogP contribution is 2.30. The average molecular weight is 286 g/mol. The largest absolute Gasteiger partial charge is 0.506 e. The minimum Gasteiger partial charge on any atom is -0.506 e. The van der Waals surface area contributed by atoms with Gasteiger partial charge in [-0.2, -0.15) is 0 Å². The molecule has 2 rings (SSSR count). The van der Waals surface area contributed by atoms with Crippen LogP contribution in [0.25, 0.3) is 0 Å². The number of hydrogen-bond donors (Lipinski definition) is 2. The Morgan fingerprint density at radius 2 is 1.81 bits per heavy atom. The molecule has 0 saturated carbocycles. The van der Waals surface area contributed by atoms with Gasteiger partial charge in [-0.1, -0.05) is 18.2 Å². The summed E-state index contributed by atoms with van der Waals surface area (Å²) in [5, 5.41) is 9.90. The number of hydrogen-bond acceptors (Lipinski definition) is 4. The molecule has 21 heavy (non-hydrogen) atoms. The number of benzene rings is 1. The van der Waals surface area contributed by atoms with Gasteiger partial charge >= 0.3 is 0 Å². The van der Waals surface area contributed by atoms with E-state index in [1.807, 2.05) is 6.07 Å². The summed E-state index contributed by atoms with van der Waals surface area (Å²) in [4.78, 5) is 16.0. The molecule has 0 radical (unpaired) electrons. The van der Waals surface area contributed by atoms with Gasteiger partial charge < -0.3 is 15.6 Å². The zero-order valence-electron chi connectivity index (χ0n) is 12.3. The van der Waals surface area contributed by atoms with Crippen molar-refractivity contribution in [3.63, 3.8) is 0 Å². The second-order valence-corrected chi connectivity index (χ2v) is 4.89. The summed E-state index contributed by atoms with van der Waals surface area (Å²) in [6, 6.07) is 8.95. The van der Waals surface area contributed by atoms with Crippen molar-refractivity contribution in [3.05, 3.63) is 52.8 Å². The van der Waals surface area contributed by atoms with Crippen molar-refractivity contribution in [2.24, 2.45) is 5.73 Å². The Morgan fingerprint density at radius 1 is 1.19 bits per heavy atom. The Balaban J connectivity index is 2.47. The van der Waals surface area contributed by atoms with Gasteiger partial charge in [0.1, 0.15) is 11.5 Å². The van der Waals surface area contributed by atoms with E-state index in [-0.39, 0.29) is 5.75 Å². The van der Waals surface area contributed by atoms with Crippen molar-refractivity contribution < 1.29 is 14.6 Å². The summed E-state index contributed by atoms with van der Waals surface area (Å²) in [5.41, 5.74) is 7.69. The van der Waals surface area contributed by atoms with E-state index >= 15 is 0 Å². The van der Waals surface area contributed by atoms with Gasteiger partial charge in [0.25, 0.3) is 5.91 Å². The fraction of sp³-hybridized carbons (Fsp3) is 0.250. The van der Waals surface area contributed by atoms with Crippen LogP contribution in [0.4, 0.5) is 0 Å². The van der Waals surface area contributed by atoms with Crippen molar-refractivity contribution in [1.29, 1.82) is 0 Å². The highest BCUT2D eigenvalue weighted by Gasteiger charge is 2.26. The molecular formula is C16H18N2O3. The van der Waals surface area contributed by atoms with Gasteiger partial charge in [-0.05, 0) is 44.0 Å². The quantitative estimate of drug-likeness (QED) is 0.903. The second-order valence-electron chi connectivity index (χ2n) is 4.89. The number of para-hydroxylation sites is 1. The Bertz CT molecular complexity index is 669. The molecule has 0 aliphatic rings. The molecule has 0 aliphatic heterocycles. The third-order valence-corrected chi connectivity index (χ3v) is 3.44. The molecule has 2 aromatic rings. The lowest BCUT2D eigenvalue weighted by atomic mass is 10.0. The fourth-order valence-electron chi connectivity index (χ4n) is 2.10. The first-order valence-electron chi connectivity index (χ1n) is 6.59. The third-order valence-electron chi connectivity index (χ3n) is 3.44. The van der Waals surface area contributed by atoms with Gasteiger partial charge in [0.15, 0.2) is 0 Å². The second kappa shape index (κ2) is 5.83. The molecule has 0 bridgehead atoms. The van der Waals surface area contributed by atoms with E-state index in [2.05, 4.69) is 4.98 Å². The molecule has 0 saturated heterocycles. The number of aromatic nitrogens is 1. The summed E-state index contributed by atoms with van der Waals surface area (Å²) in [6.07, 6.45) is -0.995. The SMILES string of the molecule is Cc1nc(C(Oc2ccccc2)C(N)=O)c(C)c(C)c1O. The van der Waals surface area contributed by atoms with Gasteiger partial charge in [0.2, 0.25) is 6.10 Å². The smallest absolute Gasteiger partial charge is 0.264 e. The molecule has 1 aromatic heterocycles. The van der Waals surface area contributed by atoms with E-state index in [0.717, 1.165) is 0 Å². The monoisotopic (exact) mass is 286 g/mol. The Morgan fingerprint density at radius 3 is 2.38 bits per heavy atom. The fourth-order valence-corrected chi connectivity index (χ4v) is 2.10. The van der Waals surface area contributed by atoms with Crippen LogP contribution in [0.15, 0.2) is 30.3 Å². The zero-order valence-corrected chi connectivity index (χ0v) is 12.3. The van der Waals surface area contributed by atoms with Crippen molar-refractivity contribution in [1.82, 2.24) is 4.98 Å². The van der Waals surface area contributed by atoms with Gasteiger partial charge in [-0.25, -0.2) is 4.98 Å². The maximum Gasteiger partial charge on any atom is 0.264 e. The highest BCUT2D eigenvalue weighted by atomic mass is 16.5. The summed E-state index contributed by atoms with van der Waals surface area (Å²) < 4.78 is 5.67. The standard InChI is InChI=1S/C16H18N2O3/c1-9-10(2)14(19)11(3)18-13(9)15(16(17)20)21-12-7-5-4-6-8-12/h4-8,15,19H,1-3H3,(H2,17,20). The van der Waals surface area contributed by atoms with E-state index in [9.17, 15) is 9.90 Å². The number of carbonyl (C=O) groups excluding carboxylic acids is 1. The molecule has 5 heteroatoms. The molecule has 1 atom stereocenters. The number of aromatic hydroxyl groups is 1. The number of carbonyl (C=O) groups is 1. The van der Waals surface area contributed by atoms with E-state index in [1.54, 1.807) is 45.0 Å². The van der Waals surface area contributed by atoms with Crippen LogP contribution in [0.1, 0.15) is 28.6 Å². The van der Waals surface area contributed by atoms with Crippen LogP contribution in [0.2, 0.25) is 0 Å². The lowest BCUT2D eigenvalue weighted by molar-refractivity contribution is -0.125. The Labute approximate surface area is 123 Å². The molecular weight excluding hydrogens is 268 g/mol. The predicted molar refractivity (Wildman–Crippen MR) is 79.1 cm³/mol. The number of pyridine rings is 1. The molecule has 110 valence electrons. The number of rotatable bonds is 4. The summed E-state index contributed by atoms with van der Waals surface area (Å²) in [7, 11) is 0. The minimum atomic E-state index is -0.995. The summed E-state index contributed by atoms with van der Waals surface area (Å²) in [6.45, 7) is 5.22. The average Bonchev–Trinajstić information content (AvgIpc) is 2.47. The van der Waals surface area contributed by atoms with E-state index < -0.39 is 12.0 Å². The first-order chi connectivity index (χ1) is 9.91. The number of primary amides is 1. The Kier molecular flexibility index (Phi) is 4.12. The van der Waals surface area contributed by atoms with Crippen LogP contribution in [-0.2, 0) is 4.79 Å². The lowest BCUT2D eigenvalue weighted by Gasteiger charge is -2.19. The molecule has 0 spiro atoms. The van der Waals surface area contributed by atoms with Gasteiger partial charge in [-0.15, -0.1) is 0 Å². The van der Waals surface area contributed by atoms with Gasteiger partial charge in [0, 0.05) is 0 Å². The molecule has 1 heterocycles. The van der Waals surface area contributed by atoms with Crippen LogP contribution in [0, 0.1) is 20.8 Å². The van der Waals surface area contributed by atoms with Crippen LogP contribution in [-0.4, -0.2) is 16.0 Å². The topological polar surface area (TPSA) is 85.4 Å². The van der Waals surface area contributed by atoms with E-state index in [1.165, 1.54) is 0 Å². The van der Waals surface area contributed by atoms with Crippen molar-refractivity contribution in [2.45, 2.75) is 26.9 Å². The third kappa shape index (κ3) is 2.97. The lowest BCUT2D eigenvalue weighted by Crippen LogP contribution is -2.28. The molecule has 5 nitrogen and oxygen atoms in total. The Hall–Kier alpha value is -2.56. The molecule has 0 fully saturated rings. The molecule has 1 amide bonds. The van der Waals surface area contributed by atoms with Crippen LogP contribution in [0.5, 0.6) is 11.5 Å². The maximum atomic E-state index is 11.8. The normalized spacial score (nSPS) is 12.0. The zero-order chi connectivity index (χ0) is 15.6. The molecule has 1 unspecified atom stereocenters. The first-order valence-corrected chi connectivity index (χ1v) is 6.59. The molecule has 3 N–H and O–H groups in total. The van der Waals surface area contributed by atoms with Gasteiger partial charge in [-0.3, -0.25) is 4.79 Å². The highest BCUT2D eigenvalue weighted by molar-refractivity contribution is 5.81. The van der Waals surface area contributed by atoms with Crippen LogP contribution in [0.3, 0.4) is 0 Å².